The number of aromatic amines is 1. The van der Waals surface area contributed by atoms with Gasteiger partial charge in [-0.2, -0.15) is 5.10 Å². The summed E-state index contributed by atoms with van der Waals surface area (Å²) in [6.07, 6.45) is -1.75. The molecule has 0 spiro atoms. The predicted octanol–water partition coefficient (Wildman–Crippen LogP) is -1.49. The van der Waals surface area contributed by atoms with E-state index in [4.69, 9.17) is 20.4 Å². The Hall–Kier alpha value is -3.97. The molecule has 2 amide bonds. The van der Waals surface area contributed by atoms with Crippen LogP contribution in [0.25, 0.3) is 0 Å². The first-order valence-corrected chi connectivity index (χ1v) is 8.07. The van der Waals surface area contributed by atoms with Crippen LogP contribution in [-0.4, -0.2) is 78.4 Å². The number of carbonyl (C=O) groups is 6. The molecule has 0 fully saturated rings. The smallest absolute Gasteiger partial charge is 0.326 e. The minimum absolute atomic E-state index is 0.325. The van der Waals surface area contributed by atoms with Gasteiger partial charge in [0.15, 0.2) is 5.69 Å². The van der Waals surface area contributed by atoms with E-state index in [2.05, 4.69) is 20.8 Å². The van der Waals surface area contributed by atoms with E-state index in [-0.39, 0.29) is 18.5 Å². The van der Waals surface area contributed by atoms with Crippen molar-refractivity contribution in [2.24, 2.45) is 0 Å². The molecule has 0 aliphatic heterocycles. The van der Waals surface area contributed by atoms with Gasteiger partial charge in [-0.1, -0.05) is 0 Å². The number of rotatable bonds is 12. The largest absolute Gasteiger partial charge is 0.481 e. The first-order chi connectivity index (χ1) is 13.5. The molecule has 14 heteroatoms. The van der Waals surface area contributed by atoms with Crippen molar-refractivity contribution in [1.29, 1.82) is 0 Å². The topological polar surface area (TPSA) is 236 Å². The molecule has 0 aliphatic rings. The highest BCUT2D eigenvalue weighted by Crippen LogP contribution is 2.05. The Morgan fingerprint density at radius 1 is 0.828 bits per heavy atom. The molecule has 2 unspecified atom stereocenters. The molecule has 0 saturated heterocycles. The van der Waals surface area contributed by atoms with Gasteiger partial charge in [-0.25, -0.2) is 9.59 Å². The number of carboxylic acids is 4. The highest BCUT2D eigenvalue weighted by Gasteiger charge is 2.25. The maximum absolute atomic E-state index is 12.1. The van der Waals surface area contributed by atoms with Crippen molar-refractivity contribution in [3.63, 3.8) is 0 Å². The Bertz CT molecular complexity index is 753. The summed E-state index contributed by atoms with van der Waals surface area (Å²) >= 11 is 0. The summed E-state index contributed by atoms with van der Waals surface area (Å²) in [7, 11) is 0. The van der Waals surface area contributed by atoms with Crippen LogP contribution in [0.15, 0.2) is 6.07 Å². The Labute approximate surface area is 161 Å². The number of carboxylic acid groups (broad SMARTS) is 4. The van der Waals surface area contributed by atoms with Crippen molar-refractivity contribution < 1.29 is 49.2 Å². The molecule has 29 heavy (non-hydrogen) atoms. The monoisotopic (exact) mass is 414 g/mol. The van der Waals surface area contributed by atoms with Gasteiger partial charge in [0.1, 0.15) is 17.8 Å². The lowest BCUT2D eigenvalue weighted by Gasteiger charge is -2.12. The number of aromatic nitrogens is 2. The zero-order valence-corrected chi connectivity index (χ0v) is 14.7. The van der Waals surface area contributed by atoms with Crippen molar-refractivity contribution >= 4 is 35.7 Å². The summed E-state index contributed by atoms with van der Waals surface area (Å²) in [5.74, 6) is -7.40. The molecular weight excluding hydrogens is 396 g/mol. The van der Waals surface area contributed by atoms with E-state index in [9.17, 15) is 28.8 Å². The number of H-pyrrole nitrogens is 1. The van der Waals surface area contributed by atoms with E-state index in [1.807, 2.05) is 0 Å². The van der Waals surface area contributed by atoms with Gasteiger partial charge < -0.3 is 31.1 Å². The average Bonchev–Trinajstić information content (AvgIpc) is 3.11. The fraction of sp³-hybridized carbons (Fsp3) is 0.400. The minimum atomic E-state index is -1.50. The highest BCUT2D eigenvalue weighted by molar-refractivity contribution is 5.99. The predicted molar refractivity (Wildman–Crippen MR) is 90.1 cm³/mol. The van der Waals surface area contributed by atoms with Gasteiger partial charge in [-0.15, -0.1) is 0 Å². The Balaban J connectivity index is 2.78. The molecule has 0 aromatic carbocycles. The van der Waals surface area contributed by atoms with Crippen molar-refractivity contribution in [2.75, 3.05) is 0 Å². The molecule has 1 aromatic rings. The maximum Gasteiger partial charge on any atom is 0.326 e. The number of nitrogens with zero attached hydrogens (tertiary/aromatic N) is 1. The third-order valence-electron chi connectivity index (χ3n) is 3.56. The van der Waals surface area contributed by atoms with Crippen molar-refractivity contribution in [3.05, 3.63) is 17.5 Å². The Morgan fingerprint density at radius 2 is 1.28 bits per heavy atom. The Kier molecular flexibility index (Phi) is 8.26. The molecule has 1 aromatic heterocycles. The number of carbonyl (C=O) groups excluding carboxylic acids is 2. The standard InChI is InChI=1S/C15H18N4O10/c20-10(21)3-1-6(14(26)27)16-12(24)8-5-9(19-18-8)13(25)17-7(15(28)29)2-4-11(22)23/h5-7H,1-4H2,(H,16,24)(H,17,25)(H,18,19)(H,20,21)(H,22,23)(H,26,27)(H,28,29). The number of nitrogens with one attached hydrogen (secondary N) is 3. The van der Waals surface area contributed by atoms with Gasteiger partial charge in [0.2, 0.25) is 0 Å². The van der Waals surface area contributed by atoms with Gasteiger partial charge in [0.25, 0.3) is 11.8 Å². The Morgan fingerprint density at radius 3 is 1.69 bits per heavy atom. The normalized spacial score (nSPS) is 12.4. The molecule has 1 rings (SSSR count). The van der Waals surface area contributed by atoms with E-state index in [1.54, 1.807) is 0 Å². The van der Waals surface area contributed by atoms with Crippen LogP contribution in [0.2, 0.25) is 0 Å². The number of aliphatic carboxylic acids is 4. The summed E-state index contributed by atoms with van der Waals surface area (Å²) in [4.78, 5) is 67.4. The van der Waals surface area contributed by atoms with E-state index in [0.717, 1.165) is 6.07 Å². The molecular formula is C15H18N4O10. The lowest BCUT2D eigenvalue weighted by atomic mass is 10.1. The number of amides is 2. The molecule has 1 heterocycles. The van der Waals surface area contributed by atoms with Crippen LogP contribution in [0, 0.1) is 0 Å². The van der Waals surface area contributed by atoms with Gasteiger partial charge in [0, 0.05) is 18.9 Å². The highest BCUT2D eigenvalue weighted by atomic mass is 16.4. The van der Waals surface area contributed by atoms with Crippen LogP contribution in [0.5, 0.6) is 0 Å². The first-order valence-electron chi connectivity index (χ1n) is 8.07. The van der Waals surface area contributed by atoms with Crippen molar-refractivity contribution in [1.82, 2.24) is 20.8 Å². The summed E-state index contributed by atoms with van der Waals surface area (Å²) in [6, 6.07) is -2.07. The maximum atomic E-state index is 12.1. The fourth-order valence-electron chi connectivity index (χ4n) is 2.07. The summed E-state index contributed by atoms with van der Waals surface area (Å²) in [6.45, 7) is 0. The van der Waals surface area contributed by atoms with Crippen molar-refractivity contribution in [2.45, 2.75) is 37.8 Å². The molecule has 2 atom stereocenters. The van der Waals surface area contributed by atoms with Crippen molar-refractivity contribution in [3.8, 4) is 0 Å². The molecule has 0 saturated carbocycles. The van der Waals surface area contributed by atoms with Crippen LogP contribution < -0.4 is 10.6 Å². The van der Waals surface area contributed by atoms with Gasteiger partial charge >= 0.3 is 23.9 Å². The zero-order chi connectivity index (χ0) is 22.1. The molecule has 0 bridgehead atoms. The van der Waals surface area contributed by atoms with E-state index in [1.165, 1.54) is 0 Å². The molecule has 158 valence electrons. The summed E-state index contributed by atoms with van der Waals surface area (Å²) < 4.78 is 0. The summed E-state index contributed by atoms with van der Waals surface area (Å²) in [5, 5.41) is 45.1. The first kappa shape index (κ1) is 23.1. The number of hydrogen-bond donors (Lipinski definition) is 7. The lowest BCUT2D eigenvalue weighted by Crippen LogP contribution is -2.41. The second kappa shape index (κ2) is 10.4. The van der Waals surface area contributed by atoms with E-state index >= 15 is 0 Å². The second-order valence-electron chi connectivity index (χ2n) is 5.76. The number of hydrogen-bond acceptors (Lipinski definition) is 7. The van der Waals surface area contributed by atoms with Crippen LogP contribution in [0.3, 0.4) is 0 Å². The minimum Gasteiger partial charge on any atom is -0.481 e. The average molecular weight is 414 g/mol. The third kappa shape index (κ3) is 7.66. The van der Waals surface area contributed by atoms with Gasteiger partial charge in [0.05, 0.1) is 0 Å². The molecule has 0 aliphatic carbocycles. The van der Waals surface area contributed by atoms with E-state index < -0.39 is 66.3 Å². The molecule has 0 radical (unpaired) electrons. The van der Waals surface area contributed by atoms with Crippen LogP contribution in [0.4, 0.5) is 0 Å². The van der Waals surface area contributed by atoms with E-state index in [0.29, 0.717) is 0 Å². The molecule has 7 N–H and O–H groups in total. The van der Waals surface area contributed by atoms with Gasteiger partial charge in [-0.3, -0.25) is 24.3 Å². The van der Waals surface area contributed by atoms with Gasteiger partial charge in [-0.05, 0) is 12.8 Å². The fourth-order valence-corrected chi connectivity index (χ4v) is 2.07. The SMILES string of the molecule is O=C(O)CCC(NC(=O)c1cc(C(=O)NC(CCC(=O)O)C(=O)O)[nH]n1)C(=O)O. The lowest BCUT2D eigenvalue weighted by molar-refractivity contribution is -0.142. The second-order valence-corrected chi connectivity index (χ2v) is 5.76. The molecule has 14 nitrogen and oxygen atoms in total. The summed E-state index contributed by atoms with van der Waals surface area (Å²) in [5.41, 5.74) is -0.719. The van der Waals surface area contributed by atoms with Crippen LogP contribution >= 0.6 is 0 Å². The van der Waals surface area contributed by atoms with Crippen LogP contribution in [0.1, 0.15) is 46.7 Å². The quantitative estimate of drug-likeness (QED) is 0.208. The third-order valence-corrected chi connectivity index (χ3v) is 3.56. The van der Waals surface area contributed by atoms with Crippen LogP contribution in [-0.2, 0) is 19.2 Å². The zero-order valence-electron chi connectivity index (χ0n) is 14.7.